The van der Waals surface area contributed by atoms with Crippen LogP contribution in [0.5, 0.6) is 0 Å². The van der Waals surface area contributed by atoms with E-state index in [1.807, 2.05) is 12.1 Å². The van der Waals surface area contributed by atoms with Gasteiger partial charge in [-0.15, -0.1) is 11.3 Å². The maximum atomic E-state index is 13.2. The number of para-hydroxylation sites is 1. The fraction of sp³-hybridized carbons (Fsp3) is 0.796. The van der Waals surface area contributed by atoms with Gasteiger partial charge in [0.05, 0.1) is 15.2 Å². The molecule has 8 nitrogen and oxygen atoms in total. The van der Waals surface area contributed by atoms with E-state index in [2.05, 4.69) is 64.9 Å². The van der Waals surface area contributed by atoms with Crippen LogP contribution in [0.25, 0.3) is 21.1 Å². The Labute approximate surface area is 391 Å². The lowest BCUT2D eigenvalue weighted by molar-refractivity contribution is -0.116. The number of unbranched alkanes of at least 4 members (excludes halogenated alkanes) is 20. The van der Waals surface area contributed by atoms with Crippen LogP contribution >= 0.6 is 11.3 Å². The van der Waals surface area contributed by atoms with E-state index in [1.165, 1.54) is 207 Å². The van der Waals surface area contributed by atoms with Gasteiger partial charge in [0.1, 0.15) is 5.52 Å². The molecule has 3 aromatic rings. The van der Waals surface area contributed by atoms with Crippen LogP contribution in [0.3, 0.4) is 0 Å². The molecule has 63 heavy (non-hydrogen) atoms. The van der Waals surface area contributed by atoms with Crippen LogP contribution in [0.15, 0.2) is 24.3 Å². The number of carbonyl (C=O) groups is 1. The molecular weight excluding hydrogens is 795 g/mol. The number of hydrogen-bond donors (Lipinski definition) is 1. The van der Waals surface area contributed by atoms with Gasteiger partial charge in [-0.3, -0.25) is 4.79 Å². The van der Waals surface area contributed by atoms with E-state index >= 15 is 0 Å². The molecule has 1 fully saturated rings. The number of carbonyl (C=O) groups excluding carboxylic acids is 1. The van der Waals surface area contributed by atoms with Crippen molar-refractivity contribution in [3.8, 4) is 0 Å². The minimum absolute atomic E-state index is 0.0540. The zero-order chi connectivity index (χ0) is 44.6. The van der Waals surface area contributed by atoms with Crippen LogP contribution in [-0.2, 0) is 11.2 Å². The van der Waals surface area contributed by atoms with Crippen molar-refractivity contribution in [3.05, 3.63) is 29.3 Å². The van der Waals surface area contributed by atoms with E-state index in [0.717, 1.165) is 64.8 Å². The van der Waals surface area contributed by atoms with Crippen molar-refractivity contribution in [2.24, 2.45) is 0 Å². The van der Waals surface area contributed by atoms with E-state index in [0.29, 0.717) is 12.2 Å². The Morgan fingerprint density at radius 3 is 1.63 bits per heavy atom. The molecule has 1 N–H and O–H groups in total. The molecule has 0 unspecified atom stereocenters. The summed E-state index contributed by atoms with van der Waals surface area (Å²) in [6.45, 7) is 20.2. The highest BCUT2D eigenvalue weighted by molar-refractivity contribution is 7.19. The molecule has 1 aromatic carbocycles. The number of rotatable bonds is 39. The zero-order valence-electron chi connectivity index (χ0n) is 41.4. The van der Waals surface area contributed by atoms with Gasteiger partial charge in [-0.05, 0) is 110 Å². The SMILES string of the molecule is CCCCCCCCCCCCN(C)CCCN1CCN(CCCN(CCCCCCCCCCCC)CCCCCC(=O)Nc2nc3ccccc3c3sc(CCC)nc23)CC1. The molecule has 0 atom stereocenters. The fourth-order valence-corrected chi connectivity index (χ4v) is 10.7. The summed E-state index contributed by atoms with van der Waals surface area (Å²) < 4.78 is 1.13. The molecule has 0 saturated carbocycles. The first-order valence-electron chi connectivity index (χ1n) is 26.8. The van der Waals surface area contributed by atoms with E-state index in [-0.39, 0.29) is 5.91 Å². The molecular formula is C54H95N7OS. The maximum Gasteiger partial charge on any atom is 0.225 e. The molecule has 9 heteroatoms. The predicted octanol–water partition coefficient (Wildman–Crippen LogP) is 13.8. The number of aromatic nitrogens is 2. The van der Waals surface area contributed by atoms with Gasteiger partial charge in [0.25, 0.3) is 0 Å². The summed E-state index contributed by atoms with van der Waals surface area (Å²) in [5.74, 6) is 0.674. The van der Waals surface area contributed by atoms with Crippen LogP contribution in [0.1, 0.15) is 199 Å². The third-order valence-electron chi connectivity index (χ3n) is 13.5. The Hall–Kier alpha value is -2.17. The lowest BCUT2D eigenvalue weighted by Gasteiger charge is -2.35. The molecule has 0 bridgehead atoms. The first-order chi connectivity index (χ1) is 31.0. The van der Waals surface area contributed by atoms with Gasteiger partial charge in [-0.25, -0.2) is 9.97 Å². The molecule has 1 aliphatic heterocycles. The normalized spacial score (nSPS) is 14.0. The number of anilines is 1. The number of amides is 1. The predicted molar refractivity (Wildman–Crippen MR) is 276 cm³/mol. The van der Waals surface area contributed by atoms with Crippen LogP contribution in [-0.4, -0.2) is 115 Å². The number of pyridine rings is 1. The summed E-state index contributed by atoms with van der Waals surface area (Å²) >= 11 is 1.74. The molecule has 1 amide bonds. The standard InChI is InChI=1S/C54H95N7OS/c1-5-8-10-12-14-16-18-20-22-28-37-58(4)38-31-41-60-44-46-61(47-45-60)43-32-42-59(39-29-23-21-19-17-15-13-11-9-6-2)40-30-24-25-36-50(62)56-54-52-53(63-51(57-52)33-7-3)48-34-26-27-35-49(48)55-54/h26-27,34-35H,5-25,28-33,36-47H2,1-4H3,(H,55,56,62). The lowest BCUT2D eigenvalue weighted by atomic mass is 10.1. The minimum Gasteiger partial charge on any atom is -0.309 e. The van der Waals surface area contributed by atoms with Gasteiger partial charge < -0.3 is 24.9 Å². The zero-order valence-corrected chi connectivity index (χ0v) is 42.2. The molecule has 3 heterocycles. The molecule has 0 radical (unpaired) electrons. The van der Waals surface area contributed by atoms with Crippen molar-refractivity contribution < 1.29 is 4.79 Å². The van der Waals surface area contributed by atoms with E-state index in [4.69, 9.17) is 9.97 Å². The highest BCUT2D eigenvalue weighted by Gasteiger charge is 2.18. The molecule has 2 aromatic heterocycles. The topological polar surface area (TPSA) is 67.8 Å². The number of thiazole rings is 1. The second-order valence-electron chi connectivity index (χ2n) is 19.3. The monoisotopic (exact) mass is 890 g/mol. The van der Waals surface area contributed by atoms with Crippen LogP contribution in [0.2, 0.25) is 0 Å². The highest BCUT2D eigenvalue weighted by atomic mass is 32.1. The quantitative estimate of drug-likeness (QED) is 0.0572. The molecule has 1 saturated heterocycles. The van der Waals surface area contributed by atoms with Crippen LogP contribution in [0, 0.1) is 0 Å². The molecule has 0 spiro atoms. The average molecular weight is 890 g/mol. The summed E-state index contributed by atoms with van der Waals surface area (Å²) in [7, 11) is 2.33. The number of aryl methyl sites for hydroxylation is 1. The van der Waals surface area contributed by atoms with Gasteiger partial charge in [0.15, 0.2) is 5.82 Å². The van der Waals surface area contributed by atoms with Gasteiger partial charge >= 0.3 is 0 Å². The van der Waals surface area contributed by atoms with Crippen molar-refractivity contribution in [1.29, 1.82) is 0 Å². The summed E-state index contributed by atoms with van der Waals surface area (Å²) in [4.78, 5) is 33.8. The van der Waals surface area contributed by atoms with Gasteiger partial charge in [0.2, 0.25) is 5.91 Å². The van der Waals surface area contributed by atoms with Crippen molar-refractivity contribution in [2.45, 2.75) is 201 Å². The summed E-state index contributed by atoms with van der Waals surface area (Å²) in [5.41, 5.74) is 1.76. The second kappa shape index (κ2) is 34.2. The van der Waals surface area contributed by atoms with E-state index in [9.17, 15) is 4.79 Å². The lowest BCUT2D eigenvalue weighted by Crippen LogP contribution is -2.47. The van der Waals surface area contributed by atoms with E-state index < -0.39 is 0 Å². The maximum absolute atomic E-state index is 13.2. The molecule has 358 valence electrons. The van der Waals surface area contributed by atoms with E-state index in [1.54, 1.807) is 11.3 Å². The summed E-state index contributed by atoms with van der Waals surface area (Å²) in [6, 6.07) is 8.22. The Morgan fingerprint density at radius 2 is 1.06 bits per heavy atom. The third-order valence-corrected chi connectivity index (χ3v) is 14.7. The minimum atomic E-state index is 0.0540. The Morgan fingerprint density at radius 1 is 0.587 bits per heavy atom. The van der Waals surface area contributed by atoms with Crippen molar-refractivity contribution in [2.75, 3.05) is 84.4 Å². The molecule has 1 aliphatic rings. The Bertz CT molecular complexity index is 1590. The number of nitrogens with zero attached hydrogens (tertiary/aromatic N) is 6. The highest BCUT2D eigenvalue weighted by Crippen LogP contribution is 2.34. The van der Waals surface area contributed by atoms with Crippen molar-refractivity contribution in [3.63, 3.8) is 0 Å². The number of benzene rings is 1. The number of nitrogens with one attached hydrogen (secondary N) is 1. The first kappa shape index (κ1) is 53.4. The van der Waals surface area contributed by atoms with Crippen LogP contribution in [0.4, 0.5) is 5.82 Å². The third kappa shape index (κ3) is 22.7. The first-order valence-corrected chi connectivity index (χ1v) is 27.7. The Balaban J connectivity index is 1.10. The second-order valence-corrected chi connectivity index (χ2v) is 20.4. The summed E-state index contributed by atoms with van der Waals surface area (Å²) in [5, 5.41) is 5.40. The molecule has 0 aliphatic carbocycles. The van der Waals surface area contributed by atoms with Gasteiger partial charge in [-0.2, -0.15) is 0 Å². The Kier molecular flexibility index (Phi) is 29.0. The van der Waals surface area contributed by atoms with Gasteiger partial charge in [0, 0.05) is 38.0 Å². The van der Waals surface area contributed by atoms with Gasteiger partial charge in [-0.1, -0.05) is 161 Å². The summed E-state index contributed by atoms with van der Waals surface area (Å²) in [6.07, 6.45) is 36.3. The number of hydrogen-bond acceptors (Lipinski definition) is 8. The number of fused-ring (bicyclic) bond motifs is 3. The van der Waals surface area contributed by atoms with Crippen molar-refractivity contribution in [1.82, 2.24) is 29.6 Å². The average Bonchev–Trinajstić information content (AvgIpc) is 3.72. The smallest absolute Gasteiger partial charge is 0.225 e. The van der Waals surface area contributed by atoms with Crippen molar-refractivity contribution >= 4 is 44.2 Å². The fourth-order valence-electron chi connectivity index (χ4n) is 9.50. The molecule has 4 rings (SSSR count). The largest absolute Gasteiger partial charge is 0.309 e. The van der Waals surface area contributed by atoms with Crippen LogP contribution < -0.4 is 5.32 Å². The number of piperazine rings is 1.